The Labute approximate surface area is 139 Å². The van der Waals surface area contributed by atoms with Crippen LogP contribution in [0, 0.1) is 23.7 Å². The van der Waals surface area contributed by atoms with Crippen LogP contribution in [0.25, 0.3) is 0 Å². The van der Waals surface area contributed by atoms with Gasteiger partial charge in [-0.3, -0.25) is 4.55 Å². The Hall–Kier alpha value is -1.79. The first-order valence-electron chi connectivity index (χ1n) is 7.71. The maximum atomic E-state index is 10.4. The SMILES string of the molecule is CCCCCCC#Cc1ccccc1C#CCCOS(=O)(=O)O. The van der Waals surface area contributed by atoms with E-state index in [1.165, 1.54) is 19.3 Å². The highest BCUT2D eigenvalue weighted by atomic mass is 32.3. The van der Waals surface area contributed by atoms with E-state index in [1.54, 1.807) is 0 Å². The number of hydrogen-bond donors (Lipinski definition) is 1. The molecule has 0 bridgehead atoms. The van der Waals surface area contributed by atoms with Gasteiger partial charge >= 0.3 is 10.4 Å². The van der Waals surface area contributed by atoms with Crippen LogP contribution in [0.2, 0.25) is 0 Å². The van der Waals surface area contributed by atoms with Gasteiger partial charge in [-0.05, 0) is 18.6 Å². The number of unbranched alkanes of at least 4 members (excludes halogenated alkanes) is 4. The monoisotopic (exact) mass is 334 g/mol. The van der Waals surface area contributed by atoms with E-state index in [0.717, 1.165) is 24.0 Å². The highest BCUT2D eigenvalue weighted by molar-refractivity contribution is 7.80. The molecule has 1 rings (SSSR count). The van der Waals surface area contributed by atoms with Crippen molar-refractivity contribution in [2.45, 2.75) is 45.4 Å². The summed E-state index contributed by atoms with van der Waals surface area (Å²) >= 11 is 0. The van der Waals surface area contributed by atoms with Crippen molar-refractivity contribution >= 4 is 10.4 Å². The van der Waals surface area contributed by atoms with Crippen LogP contribution in [0.4, 0.5) is 0 Å². The molecule has 0 saturated carbocycles. The van der Waals surface area contributed by atoms with Gasteiger partial charge in [-0.15, -0.1) is 0 Å². The lowest BCUT2D eigenvalue weighted by Crippen LogP contribution is -2.04. The minimum Gasteiger partial charge on any atom is -0.264 e. The molecule has 1 N–H and O–H groups in total. The van der Waals surface area contributed by atoms with Gasteiger partial charge in [0.1, 0.15) is 0 Å². The zero-order chi connectivity index (χ0) is 17.0. The number of benzene rings is 1. The summed E-state index contributed by atoms with van der Waals surface area (Å²) in [6, 6.07) is 7.58. The predicted molar refractivity (Wildman–Crippen MR) is 91.1 cm³/mol. The topological polar surface area (TPSA) is 63.6 Å². The van der Waals surface area contributed by atoms with Crippen LogP contribution in [0.15, 0.2) is 24.3 Å². The minimum absolute atomic E-state index is 0.170. The third kappa shape index (κ3) is 9.76. The summed E-state index contributed by atoms with van der Waals surface area (Å²) in [6.45, 7) is 2.01. The molecule has 0 radical (unpaired) electrons. The average molecular weight is 334 g/mol. The van der Waals surface area contributed by atoms with E-state index in [4.69, 9.17) is 4.55 Å². The molecule has 0 unspecified atom stereocenters. The van der Waals surface area contributed by atoms with Gasteiger partial charge in [0.25, 0.3) is 0 Å². The minimum atomic E-state index is -4.39. The van der Waals surface area contributed by atoms with E-state index in [9.17, 15) is 8.42 Å². The van der Waals surface area contributed by atoms with Crippen LogP contribution in [0.3, 0.4) is 0 Å². The molecule has 0 heterocycles. The maximum absolute atomic E-state index is 10.4. The van der Waals surface area contributed by atoms with Gasteiger partial charge in [-0.1, -0.05) is 62.0 Å². The second kappa shape index (κ2) is 10.9. The summed E-state index contributed by atoms with van der Waals surface area (Å²) < 4.78 is 33.4. The number of hydrogen-bond acceptors (Lipinski definition) is 3. The third-order valence-electron chi connectivity index (χ3n) is 2.99. The van der Waals surface area contributed by atoms with Crippen molar-refractivity contribution in [1.82, 2.24) is 0 Å². The number of rotatable bonds is 7. The molecule has 0 fully saturated rings. The molecule has 0 aliphatic heterocycles. The Kier molecular flexibility index (Phi) is 9.09. The molecule has 0 amide bonds. The van der Waals surface area contributed by atoms with E-state index >= 15 is 0 Å². The van der Waals surface area contributed by atoms with Crippen molar-refractivity contribution in [2.75, 3.05) is 6.61 Å². The fraction of sp³-hybridized carbons (Fsp3) is 0.444. The molecule has 23 heavy (non-hydrogen) atoms. The van der Waals surface area contributed by atoms with Gasteiger partial charge in [0, 0.05) is 24.0 Å². The van der Waals surface area contributed by atoms with E-state index < -0.39 is 10.4 Å². The first kappa shape index (κ1) is 19.3. The van der Waals surface area contributed by atoms with Crippen LogP contribution in [0.1, 0.15) is 56.6 Å². The van der Waals surface area contributed by atoms with Crippen molar-refractivity contribution in [2.24, 2.45) is 0 Å². The van der Waals surface area contributed by atoms with Gasteiger partial charge < -0.3 is 0 Å². The second-order valence-electron chi connectivity index (χ2n) is 4.96. The molecular formula is C18H22O4S. The van der Waals surface area contributed by atoms with Crippen LogP contribution in [-0.2, 0) is 14.6 Å². The molecule has 1 aromatic rings. The highest BCUT2D eigenvalue weighted by Gasteiger charge is 2.01. The molecule has 0 aromatic heterocycles. The summed E-state index contributed by atoms with van der Waals surface area (Å²) in [5.41, 5.74) is 1.67. The van der Waals surface area contributed by atoms with Crippen molar-refractivity contribution in [3.8, 4) is 23.7 Å². The normalized spacial score (nSPS) is 10.3. The molecule has 0 spiro atoms. The summed E-state index contributed by atoms with van der Waals surface area (Å²) in [6.07, 6.45) is 5.87. The van der Waals surface area contributed by atoms with Gasteiger partial charge in [0.05, 0.1) is 6.61 Å². The maximum Gasteiger partial charge on any atom is 0.397 e. The van der Waals surface area contributed by atoms with Crippen molar-refractivity contribution < 1.29 is 17.2 Å². The Morgan fingerprint density at radius 2 is 1.61 bits per heavy atom. The lowest BCUT2D eigenvalue weighted by molar-refractivity contribution is 0.275. The van der Waals surface area contributed by atoms with E-state index in [0.29, 0.717) is 0 Å². The van der Waals surface area contributed by atoms with E-state index in [-0.39, 0.29) is 13.0 Å². The van der Waals surface area contributed by atoms with Crippen LogP contribution in [0.5, 0.6) is 0 Å². The van der Waals surface area contributed by atoms with Crippen LogP contribution >= 0.6 is 0 Å². The van der Waals surface area contributed by atoms with Crippen molar-refractivity contribution in [3.63, 3.8) is 0 Å². The molecule has 4 nitrogen and oxygen atoms in total. The largest absolute Gasteiger partial charge is 0.397 e. The van der Waals surface area contributed by atoms with Gasteiger partial charge in [0.15, 0.2) is 0 Å². The lowest BCUT2D eigenvalue weighted by Gasteiger charge is -1.96. The fourth-order valence-electron chi connectivity index (χ4n) is 1.85. The van der Waals surface area contributed by atoms with Gasteiger partial charge in [0.2, 0.25) is 0 Å². The summed E-state index contributed by atoms with van der Waals surface area (Å²) in [4.78, 5) is 0. The molecule has 0 saturated heterocycles. The van der Waals surface area contributed by atoms with Crippen LogP contribution < -0.4 is 0 Å². The van der Waals surface area contributed by atoms with E-state index in [2.05, 4.69) is 34.8 Å². The standard InChI is InChI=1S/C18H22O4S/c1-2-3-4-5-6-7-12-17-13-8-9-14-18(17)15-10-11-16-22-23(19,20)21/h8-9,13-14H,2-6,11,16H2,1H3,(H,19,20,21). The summed E-state index contributed by atoms with van der Waals surface area (Å²) in [5, 5.41) is 0. The zero-order valence-electron chi connectivity index (χ0n) is 13.3. The van der Waals surface area contributed by atoms with Crippen molar-refractivity contribution in [1.29, 1.82) is 0 Å². The third-order valence-corrected chi connectivity index (χ3v) is 3.45. The molecular weight excluding hydrogens is 312 g/mol. The predicted octanol–water partition coefficient (Wildman–Crippen LogP) is 3.57. The molecule has 1 aromatic carbocycles. The second-order valence-corrected chi connectivity index (χ2v) is 6.05. The van der Waals surface area contributed by atoms with Crippen LogP contribution in [-0.4, -0.2) is 19.6 Å². The zero-order valence-corrected chi connectivity index (χ0v) is 14.2. The van der Waals surface area contributed by atoms with Gasteiger partial charge in [-0.25, -0.2) is 4.18 Å². The van der Waals surface area contributed by atoms with Gasteiger partial charge in [-0.2, -0.15) is 8.42 Å². The first-order chi connectivity index (χ1) is 11.0. The summed E-state index contributed by atoms with van der Waals surface area (Å²) in [5.74, 6) is 12.1. The summed E-state index contributed by atoms with van der Waals surface area (Å²) in [7, 11) is -4.39. The quantitative estimate of drug-likeness (QED) is 0.470. The highest BCUT2D eigenvalue weighted by Crippen LogP contribution is 2.06. The molecule has 0 atom stereocenters. The molecule has 0 aliphatic carbocycles. The lowest BCUT2D eigenvalue weighted by atomic mass is 10.1. The van der Waals surface area contributed by atoms with E-state index in [1.807, 2.05) is 24.3 Å². The Morgan fingerprint density at radius 3 is 2.17 bits per heavy atom. The smallest absolute Gasteiger partial charge is 0.264 e. The Morgan fingerprint density at radius 1 is 1.00 bits per heavy atom. The molecule has 0 aliphatic rings. The van der Waals surface area contributed by atoms with Crippen molar-refractivity contribution in [3.05, 3.63) is 35.4 Å². The average Bonchev–Trinajstić information content (AvgIpc) is 2.50. The Bertz CT molecular complexity index is 700. The fourth-order valence-corrected chi connectivity index (χ4v) is 2.15. The molecule has 124 valence electrons. The Balaban J connectivity index is 2.56. The molecule has 5 heteroatoms. The first-order valence-corrected chi connectivity index (χ1v) is 9.08.